The predicted octanol–water partition coefficient (Wildman–Crippen LogP) is 1.65. The Morgan fingerprint density at radius 2 is 1.78 bits per heavy atom. The maximum Gasteiger partial charge on any atom is 0.108 e. The molecule has 1 atom stereocenters. The third-order valence-electron chi connectivity index (χ3n) is 4.59. The summed E-state index contributed by atoms with van der Waals surface area (Å²) in [7, 11) is 0. The van der Waals surface area contributed by atoms with Gasteiger partial charge in [0.15, 0.2) is 0 Å². The second-order valence-electron chi connectivity index (χ2n) is 5.74. The quantitative estimate of drug-likeness (QED) is 0.591. The van der Waals surface area contributed by atoms with Crippen molar-refractivity contribution in [1.29, 1.82) is 5.41 Å². The van der Waals surface area contributed by atoms with Crippen LogP contribution in [-0.2, 0) is 0 Å². The molecular weight excluding hydrogens is 224 g/mol. The molecule has 0 amide bonds. The number of hydrogen-bond acceptors (Lipinski definition) is 3. The average molecular weight is 252 g/mol. The van der Waals surface area contributed by atoms with E-state index < -0.39 is 0 Å². The number of nitrogens with zero attached hydrogens (tertiary/aromatic N) is 2. The first-order valence-electron chi connectivity index (χ1n) is 7.54. The van der Waals surface area contributed by atoms with E-state index in [0.29, 0.717) is 5.84 Å². The minimum absolute atomic E-state index is 0.173. The molecule has 0 spiro atoms. The van der Waals surface area contributed by atoms with Gasteiger partial charge in [-0.15, -0.1) is 0 Å². The largest absolute Gasteiger partial charge is 0.386 e. The SMILES string of the molecule is CCC(C(=N)N)N1CCC(N2CCCCC2)CC1. The van der Waals surface area contributed by atoms with Crippen LogP contribution in [-0.4, -0.2) is 53.9 Å². The lowest BCUT2D eigenvalue weighted by atomic mass is 9.98. The molecule has 2 rings (SSSR count). The maximum absolute atomic E-state index is 7.66. The van der Waals surface area contributed by atoms with Crippen LogP contribution in [0, 0.1) is 5.41 Å². The van der Waals surface area contributed by atoms with E-state index in [-0.39, 0.29) is 6.04 Å². The van der Waals surface area contributed by atoms with E-state index in [0.717, 1.165) is 25.6 Å². The van der Waals surface area contributed by atoms with E-state index in [9.17, 15) is 0 Å². The van der Waals surface area contributed by atoms with E-state index in [1.54, 1.807) is 0 Å². The molecule has 4 heteroatoms. The highest BCUT2D eigenvalue weighted by Crippen LogP contribution is 2.22. The van der Waals surface area contributed by atoms with Crippen LogP contribution in [0.4, 0.5) is 0 Å². The van der Waals surface area contributed by atoms with E-state index in [1.165, 1.54) is 45.2 Å². The van der Waals surface area contributed by atoms with Crippen LogP contribution in [0.1, 0.15) is 45.4 Å². The molecule has 2 aliphatic heterocycles. The molecule has 4 nitrogen and oxygen atoms in total. The first-order valence-corrected chi connectivity index (χ1v) is 7.54. The third kappa shape index (κ3) is 3.23. The number of likely N-dealkylation sites (tertiary alicyclic amines) is 2. The molecule has 0 aromatic rings. The average Bonchev–Trinajstić information content (AvgIpc) is 2.41. The molecule has 3 N–H and O–H groups in total. The zero-order valence-corrected chi connectivity index (χ0v) is 11.7. The number of nitrogens with one attached hydrogen (secondary N) is 1. The highest BCUT2D eigenvalue weighted by atomic mass is 15.2. The number of nitrogens with two attached hydrogens (primary N) is 1. The summed E-state index contributed by atoms with van der Waals surface area (Å²) in [5, 5.41) is 7.66. The molecule has 2 saturated heterocycles. The van der Waals surface area contributed by atoms with Gasteiger partial charge < -0.3 is 10.6 Å². The fourth-order valence-corrected chi connectivity index (χ4v) is 3.52. The van der Waals surface area contributed by atoms with Gasteiger partial charge in [0.1, 0.15) is 5.84 Å². The van der Waals surface area contributed by atoms with Crippen molar-refractivity contribution in [1.82, 2.24) is 9.80 Å². The fraction of sp³-hybridized carbons (Fsp3) is 0.929. The molecular formula is C14H28N4. The number of amidine groups is 1. The van der Waals surface area contributed by atoms with E-state index in [4.69, 9.17) is 11.1 Å². The lowest BCUT2D eigenvalue weighted by Gasteiger charge is -2.42. The Bertz CT molecular complexity index is 265. The van der Waals surface area contributed by atoms with Crippen molar-refractivity contribution >= 4 is 5.84 Å². The Labute approximate surface area is 111 Å². The molecule has 2 fully saturated rings. The molecule has 0 aromatic carbocycles. The van der Waals surface area contributed by atoms with Crippen molar-refractivity contribution < 1.29 is 0 Å². The summed E-state index contributed by atoms with van der Waals surface area (Å²) in [5.41, 5.74) is 5.69. The van der Waals surface area contributed by atoms with Crippen molar-refractivity contribution in [3.63, 3.8) is 0 Å². The third-order valence-corrected chi connectivity index (χ3v) is 4.59. The van der Waals surface area contributed by atoms with E-state index >= 15 is 0 Å². The first-order chi connectivity index (χ1) is 8.72. The van der Waals surface area contributed by atoms with Gasteiger partial charge in [-0.05, 0) is 45.2 Å². The van der Waals surface area contributed by atoms with Crippen LogP contribution in [0.5, 0.6) is 0 Å². The molecule has 2 aliphatic rings. The lowest BCUT2D eigenvalue weighted by Crippen LogP contribution is -2.52. The van der Waals surface area contributed by atoms with Crippen LogP contribution in [0.2, 0.25) is 0 Å². The van der Waals surface area contributed by atoms with Gasteiger partial charge in [-0.1, -0.05) is 13.3 Å². The Morgan fingerprint density at radius 1 is 1.17 bits per heavy atom. The zero-order chi connectivity index (χ0) is 13.0. The van der Waals surface area contributed by atoms with Gasteiger partial charge in [-0.2, -0.15) is 0 Å². The smallest absolute Gasteiger partial charge is 0.108 e. The van der Waals surface area contributed by atoms with Gasteiger partial charge in [0, 0.05) is 19.1 Å². The van der Waals surface area contributed by atoms with Gasteiger partial charge in [0.25, 0.3) is 0 Å². The summed E-state index contributed by atoms with van der Waals surface area (Å²) in [6, 6.07) is 0.957. The summed E-state index contributed by atoms with van der Waals surface area (Å²) >= 11 is 0. The summed E-state index contributed by atoms with van der Waals surface area (Å²) in [4.78, 5) is 5.10. The van der Waals surface area contributed by atoms with Crippen LogP contribution < -0.4 is 5.73 Å². The topological polar surface area (TPSA) is 56.4 Å². The summed E-state index contributed by atoms with van der Waals surface area (Å²) < 4.78 is 0. The lowest BCUT2D eigenvalue weighted by molar-refractivity contribution is 0.0836. The highest BCUT2D eigenvalue weighted by Gasteiger charge is 2.29. The molecule has 1 unspecified atom stereocenters. The van der Waals surface area contributed by atoms with E-state index in [2.05, 4.69) is 16.7 Å². The number of hydrogen-bond donors (Lipinski definition) is 2. The van der Waals surface area contributed by atoms with Crippen molar-refractivity contribution in [2.75, 3.05) is 26.2 Å². The highest BCUT2D eigenvalue weighted by molar-refractivity contribution is 5.82. The maximum atomic E-state index is 7.66. The van der Waals surface area contributed by atoms with Gasteiger partial charge >= 0.3 is 0 Å². The normalized spacial score (nSPS) is 26.1. The Morgan fingerprint density at radius 3 is 2.28 bits per heavy atom. The summed E-state index contributed by atoms with van der Waals surface area (Å²) in [5.74, 6) is 0.342. The van der Waals surface area contributed by atoms with Crippen LogP contribution >= 0.6 is 0 Å². The minimum atomic E-state index is 0.173. The second-order valence-corrected chi connectivity index (χ2v) is 5.74. The molecule has 18 heavy (non-hydrogen) atoms. The Hall–Kier alpha value is -0.610. The molecule has 2 heterocycles. The van der Waals surface area contributed by atoms with Gasteiger partial charge in [-0.3, -0.25) is 10.3 Å². The molecule has 0 radical (unpaired) electrons. The van der Waals surface area contributed by atoms with Crippen molar-refractivity contribution in [2.24, 2.45) is 5.73 Å². The molecule has 0 saturated carbocycles. The van der Waals surface area contributed by atoms with Gasteiger partial charge in [-0.25, -0.2) is 0 Å². The van der Waals surface area contributed by atoms with Crippen LogP contribution in [0.25, 0.3) is 0 Å². The number of rotatable bonds is 4. The standard InChI is InChI=1S/C14H28N4/c1-2-13(14(15)16)18-10-6-12(7-11-18)17-8-4-3-5-9-17/h12-13H,2-11H2,1H3,(H3,15,16). The number of piperidine rings is 2. The zero-order valence-electron chi connectivity index (χ0n) is 11.7. The predicted molar refractivity (Wildman–Crippen MR) is 76.0 cm³/mol. The van der Waals surface area contributed by atoms with Gasteiger partial charge in [0.2, 0.25) is 0 Å². The minimum Gasteiger partial charge on any atom is -0.386 e. The van der Waals surface area contributed by atoms with Gasteiger partial charge in [0.05, 0.1) is 6.04 Å². The Kier molecular flexibility index (Phi) is 5.01. The Balaban J connectivity index is 1.81. The van der Waals surface area contributed by atoms with Crippen molar-refractivity contribution in [3.05, 3.63) is 0 Å². The van der Waals surface area contributed by atoms with E-state index in [1.807, 2.05) is 0 Å². The van der Waals surface area contributed by atoms with Crippen molar-refractivity contribution in [2.45, 2.75) is 57.5 Å². The van der Waals surface area contributed by atoms with Crippen molar-refractivity contribution in [3.8, 4) is 0 Å². The molecule has 0 aromatic heterocycles. The summed E-state index contributed by atoms with van der Waals surface area (Å²) in [6.45, 7) is 6.95. The molecule has 104 valence electrons. The molecule has 0 bridgehead atoms. The monoisotopic (exact) mass is 252 g/mol. The fourth-order valence-electron chi connectivity index (χ4n) is 3.52. The first kappa shape index (κ1) is 13.8. The molecule has 0 aliphatic carbocycles. The summed E-state index contributed by atoms with van der Waals surface area (Å²) in [6.07, 6.45) is 7.64. The second kappa shape index (κ2) is 6.53. The van der Waals surface area contributed by atoms with Crippen LogP contribution in [0.15, 0.2) is 0 Å². The van der Waals surface area contributed by atoms with Crippen LogP contribution in [0.3, 0.4) is 0 Å².